The molecule has 2 aliphatic heterocycles. The Bertz CT molecular complexity index is 595. The quantitative estimate of drug-likeness (QED) is 0.818. The van der Waals surface area contributed by atoms with Gasteiger partial charge in [-0.25, -0.2) is 4.98 Å². The summed E-state index contributed by atoms with van der Waals surface area (Å²) in [5, 5.41) is 3.45. The van der Waals surface area contributed by atoms with Gasteiger partial charge < -0.3 is 10.2 Å². The molecule has 2 atom stereocenters. The number of nitrogens with zero attached hydrogens (tertiary/aromatic N) is 3. The summed E-state index contributed by atoms with van der Waals surface area (Å²) in [7, 11) is 0.719. The largest absolute Gasteiger partial charge is 0.364 e. The van der Waals surface area contributed by atoms with E-state index in [-0.39, 0.29) is 17.2 Å². The molecule has 108 valence electrons. The number of halogens is 1. The zero-order chi connectivity index (χ0) is 14.3. The zero-order valence-corrected chi connectivity index (χ0v) is 12.6. The van der Waals surface area contributed by atoms with Gasteiger partial charge in [-0.3, -0.25) is 9.00 Å². The number of carbonyl (C=O) groups excluding carboxylic acids is 1. The highest BCUT2D eigenvalue weighted by atomic mass is 35.5. The van der Waals surface area contributed by atoms with Crippen LogP contribution in [0.2, 0.25) is 5.28 Å². The SMILES string of the molecule is CN1C[C@H](Nc2nc(Cl)nc3c2S(=O)CC3)CCC1=O. The number of hydrogen-bond acceptors (Lipinski definition) is 5. The van der Waals surface area contributed by atoms with E-state index in [0.29, 0.717) is 35.9 Å². The van der Waals surface area contributed by atoms with Crippen LogP contribution in [0.15, 0.2) is 4.90 Å². The molecule has 0 saturated carbocycles. The number of likely N-dealkylation sites (tertiary alicyclic amines) is 1. The first-order valence-corrected chi connectivity index (χ1v) is 8.19. The molecule has 3 rings (SSSR count). The first-order chi connectivity index (χ1) is 9.54. The second-order valence-electron chi connectivity index (χ2n) is 5.07. The zero-order valence-electron chi connectivity index (χ0n) is 11.1. The highest BCUT2D eigenvalue weighted by molar-refractivity contribution is 7.85. The highest BCUT2D eigenvalue weighted by Crippen LogP contribution is 2.30. The summed E-state index contributed by atoms with van der Waals surface area (Å²) in [6.07, 6.45) is 1.92. The molecule has 2 aliphatic rings. The summed E-state index contributed by atoms with van der Waals surface area (Å²) in [5.74, 6) is 1.28. The minimum atomic E-state index is -1.06. The van der Waals surface area contributed by atoms with Gasteiger partial charge in [0.2, 0.25) is 11.2 Å². The van der Waals surface area contributed by atoms with E-state index in [4.69, 9.17) is 11.6 Å². The summed E-state index contributed by atoms with van der Waals surface area (Å²) in [4.78, 5) is 22.2. The van der Waals surface area contributed by atoms with Gasteiger partial charge in [-0.2, -0.15) is 4.98 Å². The second kappa shape index (κ2) is 5.29. The Morgan fingerprint density at radius 3 is 2.95 bits per heavy atom. The van der Waals surface area contributed by atoms with Crippen molar-refractivity contribution >= 4 is 34.1 Å². The third-order valence-corrected chi connectivity index (χ3v) is 5.26. The van der Waals surface area contributed by atoms with E-state index >= 15 is 0 Å². The second-order valence-corrected chi connectivity index (χ2v) is 6.92. The third kappa shape index (κ3) is 2.52. The number of rotatable bonds is 2. The van der Waals surface area contributed by atoms with Crippen LogP contribution in [-0.4, -0.2) is 50.4 Å². The molecule has 1 fully saturated rings. The molecule has 0 bridgehead atoms. The lowest BCUT2D eigenvalue weighted by atomic mass is 10.1. The molecule has 6 nitrogen and oxygen atoms in total. The molecule has 0 aliphatic carbocycles. The number of aryl methyl sites for hydroxylation is 1. The van der Waals surface area contributed by atoms with Crippen LogP contribution in [0.1, 0.15) is 18.5 Å². The molecule has 1 amide bonds. The minimum Gasteiger partial charge on any atom is -0.364 e. The summed E-state index contributed by atoms with van der Waals surface area (Å²) in [6, 6.07) is 0.102. The van der Waals surface area contributed by atoms with Crippen LogP contribution in [0.5, 0.6) is 0 Å². The first-order valence-electron chi connectivity index (χ1n) is 6.50. The van der Waals surface area contributed by atoms with Gasteiger partial charge >= 0.3 is 0 Å². The predicted octanol–water partition coefficient (Wildman–Crippen LogP) is 0.826. The molecule has 1 saturated heterocycles. The molecule has 0 spiro atoms. The van der Waals surface area contributed by atoms with Crippen molar-refractivity contribution in [1.82, 2.24) is 14.9 Å². The van der Waals surface area contributed by atoms with E-state index in [9.17, 15) is 9.00 Å². The van der Waals surface area contributed by atoms with E-state index in [2.05, 4.69) is 15.3 Å². The summed E-state index contributed by atoms with van der Waals surface area (Å²) >= 11 is 5.92. The van der Waals surface area contributed by atoms with Crippen molar-refractivity contribution < 1.29 is 9.00 Å². The van der Waals surface area contributed by atoms with Crippen molar-refractivity contribution in [3.63, 3.8) is 0 Å². The molecule has 1 aromatic rings. The Hall–Kier alpha value is -1.21. The molecule has 3 heterocycles. The van der Waals surface area contributed by atoms with Crippen LogP contribution in [0.25, 0.3) is 0 Å². The van der Waals surface area contributed by atoms with Crippen LogP contribution in [0, 0.1) is 0 Å². The van der Waals surface area contributed by atoms with E-state index in [1.165, 1.54) is 0 Å². The smallest absolute Gasteiger partial charge is 0.224 e. The monoisotopic (exact) mass is 314 g/mol. The van der Waals surface area contributed by atoms with Crippen molar-refractivity contribution in [2.24, 2.45) is 0 Å². The normalized spacial score (nSPS) is 25.7. The van der Waals surface area contributed by atoms with Crippen LogP contribution in [-0.2, 0) is 22.0 Å². The molecule has 1 N–H and O–H groups in total. The van der Waals surface area contributed by atoms with E-state index in [0.717, 1.165) is 12.1 Å². The fourth-order valence-corrected chi connectivity index (χ4v) is 4.09. The molecule has 0 radical (unpaired) electrons. The van der Waals surface area contributed by atoms with Gasteiger partial charge in [-0.15, -0.1) is 0 Å². The van der Waals surface area contributed by atoms with Crippen LogP contribution >= 0.6 is 11.6 Å². The molecule has 8 heteroatoms. The van der Waals surface area contributed by atoms with Crippen molar-refractivity contribution in [3.8, 4) is 0 Å². The number of nitrogens with one attached hydrogen (secondary N) is 1. The van der Waals surface area contributed by atoms with Crippen LogP contribution in [0.4, 0.5) is 5.82 Å². The molecular formula is C12H15ClN4O2S. The number of likely N-dealkylation sites (N-methyl/N-ethyl adjacent to an activating group) is 1. The van der Waals surface area contributed by atoms with Gasteiger partial charge in [-0.05, 0) is 18.0 Å². The number of piperidine rings is 1. The van der Waals surface area contributed by atoms with Crippen molar-refractivity contribution in [2.45, 2.75) is 30.2 Å². The van der Waals surface area contributed by atoms with Crippen LogP contribution < -0.4 is 5.32 Å². The lowest BCUT2D eigenvalue weighted by Crippen LogP contribution is -2.43. The Morgan fingerprint density at radius 1 is 1.40 bits per heavy atom. The molecule has 0 aromatic carbocycles. The maximum absolute atomic E-state index is 12.0. The van der Waals surface area contributed by atoms with Gasteiger partial charge in [0, 0.05) is 38.2 Å². The lowest BCUT2D eigenvalue weighted by molar-refractivity contribution is -0.132. The van der Waals surface area contributed by atoms with Crippen LogP contribution in [0.3, 0.4) is 0 Å². The molecular weight excluding hydrogens is 300 g/mol. The highest BCUT2D eigenvalue weighted by Gasteiger charge is 2.29. The Balaban J connectivity index is 1.85. The van der Waals surface area contributed by atoms with Gasteiger partial charge in [-0.1, -0.05) is 0 Å². The minimum absolute atomic E-state index is 0.102. The number of anilines is 1. The van der Waals surface area contributed by atoms with Crippen molar-refractivity contribution in [1.29, 1.82) is 0 Å². The third-order valence-electron chi connectivity index (χ3n) is 3.63. The van der Waals surface area contributed by atoms with Gasteiger partial charge in [0.1, 0.15) is 10.7 Å². The first kappa shape index (κ1) is 13.8. The summed E-state index contributed by atoms with van der Waals surface area (Å²) < 4.78 is 12.0. The molecule has 1 aromatic heterocycles. The number of amides is 1. The average molecular weight is 315 g/mol. The van der Waals surface area contributed by atoms with Crippen molar-refractivity contribution in [3.05, 3.63) is 11.0 Å². The molecule has 20 heavy (non-hydrogen) atoms. The van der Waals surface area contributed by atoms with Gasteiger partial charge in [0.15, 0.2) is 0 Å². The topological polar surface area (TPSA) is 75.2 Å². The number of fused-ring (bicyclic) bond motifs is 1. The van der Waals surface area contributed by atoms with Gasteiger partial charge in [0.05, 0.1) is 16.5 Å². The Labute approximate surface area is 124 Å². The summed E-state index contributed by atoms with van der Waals surface area (Å²) in [5.41, 5.74) is 0.770. The predicted molar refractivity (Wildman–Crippen MR) is 76.3 cm³/mol. The average Bonchev–Trinajstić information content (AvgIpc) is 2.75. The van der Waals surface area contributed by atoms with E-state index < -0.39 is 10.8 Å². The maximum Gasteiger partial charge on any atom is 0.224 e. The fourth-order valence-electron chi connectivity index (χ4n) is 2.59. The van der Waals surface area contributed by atoms with E-state index in [1.807, 2.05) is 0 Å². The Morgan fingerprint density at radius 2 is 2.20 bits per heavy atom. The summed E-state index contributed by atoms with van der Waals surface area (Å²) in [6.45, 7) is 0.613. The van der Waals surface area contributed by atoms with Crippen molar-refractivity contribution in [2.75, 3.05) is 24.7 Å². The number of hydrogen-bond donors (Lipinski definition) is 1. The number of aromatic nitrogens is 2. The molecule has 1 unspecified atom stereocenters. The Kier molecular flexibility index (Phi) is 3.64. The maximum atomic E-state index is 12.0. The van der Waals surface area contributed by atoms with E-state index in [1.54, 1.807) is 11.9 Å². The standard InChI is InChI=1S/C12H15ClN4O2S/c1-17-6-7(2-3-9(17)18)14-11-10-8(4-5-20(10)19)15-12(13)16-11/h7H,2-6H2,1H3,(H,14,15,16)/t7-,20?/m1/s1. The number of carbonyl (C=O) groups is 1. The fraction of sp³-hybridized carbons (Fsp3) is 0.583. The van der Waals surface area contributed by atoms with Gasteiger partial charge in [0.25, 0.3) is 0 Å². The lowest BCUT2D eigenvalue weighted by Gasteiger charge is -2.30.